The fraction of sp³-hybridized carbons (Fsp3) is 0.160. The third-order valence-electron chi connectivity index (χ3n) is 6.00. The van der Waals surface area contributed by atoms with Crippen LogP contribution in [0.15, 0.2) is 70.5 Å². The molecule has 5 rings (SSSR count). The van der Waals surface area contributed by atoms with Gasteiger partial charge in [0, 0.05) is 29.6 Å². The number of benzene rings is 3. The molecule has 0 fully saturated rings. The molecule has 1 aromatic heterocycles. The second-order valence-corrected chi connectivity index (χ2v) is 8.69. The second-order valence-electron chi connectivity index (χ2n) is 8.25. The SMILES string of the molecule is CN1C(=O)C(Cc2ccccc2C(F)(F)F)N=C(c2ccc3[nH]c(=O)[nH]c3c2)c2cc(Cl)ccc21. The Bertz CT molecular complexity index is 1550. The molecule has 10 heteroatoms. The zero-order chi connectivity index (χ0) is 24.9. The maximum atomic E-state index is 13.6. The van der Waals surface area contributed by atoms with Gasteiger partial charge in [-0.2, -0.15) is 13.2 Å². The van der Waals surface area contributed by atoms with Gasteiger partial charge in [-0.05, 0) is 42.0 Å². The molecule has 1 unspecified atom stereocenters. The standard InChI is InChI=1S/C25H18ClF3N4O2/c1-33-21-9-7-15(26)12-16(21)22(14-6-8-18-19(11-14)32-24(35)31-18)30-20(23(33)34)10-13-4-2-3-5-17(13)25(27,28)29/h2-9,11-12,20H,10H2,1H3,(H2,31,32,35). The van der Waals surface area contributed by atoms with Gasteiger partial charge in [0.15, 0.2) is 0 Å². The Morgan fingerprint density at radius 1 is 1.00 bits per heavy atom. The Morgan fingerprint density at radius 3 is 2.51 bits per heavy atom. The molecule has 4 aromatic rings. The van der Waals surface area contributed by atoms with Gasteiger partial charge in [0.2, 0.25) is 0 Å². The summed E-state index contributed by atoms with van der Waals surface area (Å²) >= 11 is 6.27. The van der Waals surface area contributed by atoms with E-state index in [0.29, 0.717) is 38.6 Å². The van der Waals surface area contributed by atoms with E-state index in [0.717, 1.165) is 6.07 Å². The summed E-state index contributed by atoms with van der Waals surface area (Å²) in [5, 5.41) is 0.411. The summed E-state index contributed by atoms with van der Waals surface area (Å²) in [6.07, 6.45) is -4.81. The second kappa shape index (κ2) is 8.42. The summed E-state index contributed by atoms with van der Waals surface area (Å²) in [5.41, 5.74) is 1.95. The Labute approximate surface area is 202 Å². The van der Waals surface area contributed by atoms with Crippen molar-refractivity contribution in [1.82, 2.24) is 9.97 Å². The first kappa shape index (κ1) is 22.9. The van der Waals surface area contributed by atoms with E-state index in [9.17, 15) is 22.8 Å². The molecule has 6 nitrogen and oxygen atoms in total. The number of halogens is 4. The average Bonchev–Trinajstić information content (AvgIpc) is 3.15. The normalized spacial score (nSPS) is 16.3. The first-order chi connectivity index (χ1) is 16.6. The van der Waals surface area contributed by atoms with E-state index in [1.54, 1.807) is 43.4 Å². The minimum absolute atomic E-state index is 0.0238. The third-order valence-corrected chi connectivity index (χ3v) is 6.24. The van der Waals surface area contributed by atoms with Gasteiger partial charge in [-0.1, -0.05) is 35.9 Å². The van der Waals surface area contributed by atoms with Crippen molar-refractivity contribution in [2.75, 3.05) is 11.9 Å². The number of benzodiazepines with no additional fused rings is 1. The van der Waals surface area contributed by atoms with Gasteiger partial charge in [0.05, 0.1) is 28.0 Å². The molecular formula is C25H18ClF3N4O2. The van der Waals surface area contributed by atoms with E-state index in [-0.39, 0.29) is 17.7 Å². The van der Waals surface area contributed by atoms with E-state index < -0.39 is 23.7 Å². The van der Waals surface area contributed by atoms with Gasteiger partial charge >= 0.3 is 11.9 Å². The van der Waals surface area contributed by atoms with Crippen molar-refractivity contribution >= 4 is 39.9 Å². The van der Waals surface area contributed by atoms with Crippen LogP contribution in [0.4, 0.5) is 18.9 Å². The highest BCUT2D eigenvalue weighted by Gasteiger charge is 2.36. The molecule has 0 saturated heterocycles. The lowest BCUT2D eigenvalue weighted by molar-refractivity contribution is -0.138. The summed E-state index contributed by atoms with van der Waals surface area (Å²) in [4.78, 5) is 36.6. The van der Waals surface area contributed by atoms with Crippen LogP contribution in [0.5, 0.6) is 0 Å². The number of carbonyl (C=O) groups is 1. The van der Waals surface area contributed by atoms with Crippen LogP contribution in [0.3, 0.4) is 0 Å². The molecule has 2 heterocycles. The number of hydrogen-bond acceptors (Lipinski definition) is 3. The van der Waals surface area contributed by atoms with Crippen LogP contribution in [0.25, 0.3) is 11.0 Å². The van der Waals surface area contributed by atoms with E-state index in [1.165, 1.54) is 23.1 Å². The van der Waals surface area contributed by atoms with Crippen molar-refractivity contribution < 1.29 is 18.0 Å². The van der Waals surface area contributed by atoms with Gasteiger partial charge < -0.3 is 14.9 Å². The van der Waals surface area contributed by atoms with Crippen molar-refractivity contribution in [2.24, 2.45) is 4.99 Å². The molecule has 35 heavy (non-hydrogen) atoms. The molecule has 1 amide bonds. The minimum Gasteiger partial charge on any atom is -0.313 e. The number of fused-ring (bicyclic) bond motifs is 2. The molecular weight excluding hydrogens is 481 g/mol. The number of aliphatic imine (C=N–C) groups is 1. The lowest BCUT2D eigenvalue weighted by Gasteiger charge is -2.21. The van der Waals surface area contributed by atoms with Crippen LogP contribution in [0.2, 0.25) is 5.02 Å². The molecule has 0 saturated carbocycles. The molecule has 1 aliphatic rings. The Hall–Kier alpha value is -3.85. The van der Waals surface area contributed by atoms with Crippen LogP contribution in [0, 0.1) is 0 Å². The molecule has 0 spiro atoms. The highest BCUT2D eigenvalue weighted by molar-refractivity contribution is 6.32. The molecule has 0 bridgehead atoms. The Morgan fingerprint density at radius 2 is 1.74 bits per heavy atom. The van der Waals surface area contributed by atoms with Crippen molar-refractivity contribution in [3.05, 3.63) is 98.4 Å². The highest BCUT2D eigenvalue weighted by Crippen LogP contribution is 2.35. The third kappa shape index (κ3) is 4.23. The number of amides is 1. The van der Waals surface area contributed by atoms with Gasteiger partial charge in [-0.3, -0.25) is 9.79 Å². The van der Waals surface area contributed by atoms with Crippen LogP contribution in [0.1, 0.15) is 22.3 Å². The maximum absolute atomic E-state index is 13.6. The molecule has 1 aliphatic heterocycles. The number of nitrogens with zero attached hydrogens (tertiary/aromatic N) is 2. The van der Waals surface area contributed by atoms with Crippen LogP contribution in [-0.2, 0) is 17.4 Å². The zero-order valence-corrected chi connectivity index (χ0v) is 19.0. The first-order valence-electron chi connectivity index (χ1n) is 10.6. The van der Waals surface area contributed by atoms with Gasteiger partial charge in [0.25, 0.3) is 5.91 Å². The largest absolute Gasteiger partial charge is 0.416 e. The van der Waals surface area contributed by atoms with Crippen LogP contribution < -0.4 is 10.6 Å². The van der Waals surface area contributed by atoms with Gasteiger partial charge in [0.1, 0.15) is 6.04 Å². The van der Waals surface area contributed by atoms with Crippen molar-refractivity contribution in [3.8, 4) is 0 Å². The van der Waals surface area contributed by atoms with Crippen molar-refractivity contribution in [3.63, 3.8) is 0 Å². The van der Waals surface area contributed by atoms with E-state index in [2.05, 4.69) is 15.0 Å². The number of hydrogen-bond donors (Lipinski definition) is 2. The van der Waals surface area contributed by atoms with Crippen molar-refractivity contribution in [1.29, 1.82) is 0 Å². The monoisotopic (exact) mass is 498 g/mol. The molecule has 1 atom stereocenters. The highest BCUT2D eigenvalue weighted by atomic mass is 35.5. The van der Waals surface area contributed by atoms with Gasteiger partial charge in [-0.15, -0.1) is 0 Å². The first-order valence-corrected chi connectivity index (χ1v) is 11.0. The molecule has 0 radical (unpaired) electrons. The lowest BCUT2D eigenvalue weighted by atomic mass is 9.98. The summed E-state index contributed by atoms with van der Waals surface area (Å²) in [6, 6.07) is 14.1. The number of alkyl halides is 3. The smallest absolute Gasteiger partial charge is 0.313 e. The number of rotatable bonds is 3. The molecule has 3 aromatic carbocycles. The van der Waals surface area contributed by atoms with Crippen LogP contribution >= 0.6 is 11.6 Å². The summed E-state index contributed by atoms with van der Waals surface area (Å²) in [5.74, 6) is -0.448. The topological polar surface area (TPSA) is 81.3 Å². The minimum atomic E-state index is -4.56. The number of H-pyrrole nitrogens is 2. The summed E-state index contributed by atoms with van der Waals surface area (Å²) in [6.45, 7) is 0. The Kier molecular flexibility index (Phi) is 5.52. The Balaban J connectivity index is 1.69. The fourth-order valence-electron chi connectivity index (χ4n) is 4.34. The van der Waals surface area contributed by atoms with Crippen molar-refractivity contribution in [2.45, 2.75) is 18.6 Å². The number of likely N-dealkylation sites (N-methyl/N-ethyl adjacent to an activating group) is 1. The zero-order valence-electron chi connectivity index (χ0n) is 18.3. The number of nitrogens with one attached hydrogen (secondary N) is 2. The quantitative estimate of drug-likeness (QED) is 0.419. The molecule has 178 valence electrons. The fourth-order valence-corrected chi connectivity index (χ4v) is 4.51. The maximum Gasteiger partial charge on any atom is 0.416 e. The number of aromatic nitrogens is 2. The summed E-state index contributed by atoms with van der Waals surface area (Å²) in [7, 11) is 1.56. The molecule has 0 aliphatic carbocycles. The lowest BCUT2D eigenvalue weighted by Crippen LogP contribution is -2.36. The number of anilines is 1. The number of imidazole rings is 1. The summed E-state index contributed by atoms with van der Waals surface area (Å²) < 4.78 is 40.9. The van der Waals surface area contributed by atoms with Crippen LogP contribution in [-0.4, -0.2) is 34.7 Å². The number of aromatic amines is 2. The van der Waals surface area contributed by atoms with Gasteiger partial charge in [-0.25, -0.2) is 4.79 Å². The average molecular weight is 499 g/mol. The van der Waals surface area contributed by atoms with E-state index >= 15 is 0 Å². The van der Waals surface area contributed by atoms with E-state index in [4.69, 9.17) is 11.6 Å². The number of carbonyl (C=O) groups excluding carboxylic acids is 1. The molecule has 2 N–H and O–H groups in total. The predicted octanol–water partition coefficient (Wildman–Crippen LogP) is 4.95. The predicted molar refractivity (Wildman–Crippen MR) is 128 cm³/mol. The van der Waals surface area contributed by atoms with E-state index in [1.807, 2.05) is 0 Å².